The lowest BCUT2D eigenvalue weighted by Crippen LogP contribution is -2.43. The van der Waals surface area contributed by atoms with Gasteiger partial charge in [-0.05, 0) is 50.6 Å². The smallest absolute Gasteiger partial charge is 0.325 e. The molecule has 2 atom stereocenters. The third kappa shape index (κ3) is 4.27. The summed E-state index contributed by atoms with van der Waals surface area (Å²) in [7, 11) is 0. The van der Waals surface area contributed by atoms with Crippen molar-refractivity contribution in [3.05, 3.63) is 58.7 Å². The third-order valence-electron chi connectivity index (χ3n) is 5.93. The lowest BCUT2D eigenvalue weighted by atomic mass is 9.92. The average molecular weight is 473 g/mol. The van der Waals surface area contributed by atoms with Gasteiger partial charge in [0, 0.05) is 24.1 Å². The Hall–Kier alpha value is -3.69. The van der Waals surface area contributed by atoms with Crippen molar-refractivity contribution in [1.29, 1.82) is 0 Å². The topological polar surface area (TPSA) is 97.0 Å². The monoisotopic (exact) mass is 473 g/mol. The molecular formula is C24H25F2N3O5. The van der Waals surface area contributed by atoms with E-state index in [9.17, 15) is 23.2 Å². The van der Waals surface area contributed by atoms with Crippen LogP contribution in [0.2, 0.25) is 0 Å². The largest absolute Gasteiger partial charge is 0.494 e. The summed E-state index contributed by atoms with van der Waals surface area (Å²) in [5.74, 6) is -2.17. The molecule has 2 heterocycles. The Balaban J connectivity index is 1.44. The number of hydrogen-bond donors (Lipinski definition) is 2. The zero-order valence-electron chi connectivity index (χ0n) is 19.0. The van der Waals surface area contributed by atoms with E-state index in [-0.39, 0.29) is 18.2 Å². The van der Waals surface area contributed by atoms with E-state index in [0.717, 1.165) is 34.8 Å². The molecule has 4 amide bonds. The molecule has 180 valence electrons. The molecule has 8 nitrogen and oxygen atoms in total. The zero-order chi connectivity index (χ0) is 24.6. The Morgan fingerprint density at radius 3 is 2.74 bits per heavy atom. The quantitative estimate of drug-likeness (QED) is 0.603. The van der Waals surface area contributed by atoms with E-state index < -0.39 is 41.6 Å². The molecule has 2 aliphatic rings. The number of benzene rings is 2. The van der Waals surface area contributed by atoms with E-state index in [1.54, 1.807) is 0 Å². The molecule has 34 heavy (non-hydrogen) atoms. The van der Waals surface area contributed by atoms with Gasteiger partial charge in [0.15, 0.2) is 11.6 Å². The fourth-order valence-corrected chi connectivity index (χ4v) is 4.15. The molecule has 2 aliphatic heterocycles. The first-order chi connectivity index (χ1) is 16.1. The second kappa shape index (κ2) is 8.92. The first kappa shape index (κ1) is 23.5. The number of hydrogen-bond acceptors (Lipinski definition) is 5. The highest BCUT2D eigenvalue weighted by molar-refractivity contribution is 6.09. The van der Waals surface area contributed by atoms with Crippen LogP contribution < -0.4 is 20.1 Å². The van der Waals surface area contributed by atoms with Crippen LogP contribution in [0.3, 0.4) is 0 Å². The fraction of sp³-hybridized carbons (Fsp3) is 0.375. The summed E-state index contributed by atoms with van der Waals surface area (Å²) in [6.45, 7) is 5.21. The summed E-state index contributed by atoms with van der Waals surface area (Å²) in [5.41, 5.74) is 0.178. The van der Waals surface area contributed by atoms with Crippen molar-refractivity contribution in [2.75, 3.05) is 13.2 Å². The first-order valence-electron chi connectivity index (χ1n) is 10.9. The third-order valence-corrected chi connectivity index (χ3v) is 5.93. The van der Waals surface area contributed by atoms with E-state index in [2.05, 4.69) is 10.6 Å². The van der Waals surface area contributed by atoms with Crippen LogP contribution >= 0.6 is 0 Å². The number of imide groups is 1. The maximum absolute atomic E-state index is 13.7. The first-order valence-corrected chi connectivity index (χ1v) is 10.9. The Kier molecular flexibility index (Phi) is 6.16. The van der Waals surface area contributed by atoms with Gasteiger partial charge in [-0.2, -0.15) is 0 Å². The molecule has 0 aromatic heterocycles. The van der Waals surface area contributed by atoms with Gasteiger partial charge in [-0.1, -0.05) is 6.07 Å². The molecule has 4 rings (SSSR count). The predicted octanol–water partition coefficient (Wildman–Crippen LogP) is 2.77. The van der Waals surface area contributed by atoms with Gasteiger partial charge >= 0.3 is 6.03 Å². The second-order valence-corrected chi connectivity index (χ2v) is 8.49. The van der Waals surface area contributed by atoms with Crippen LogP contribution in [0.4, 0.5) is 13.6 Å². The van der Waals surface area contributed by atoms with Gasteiger partial charge < -0.3 is 20.1 Å². The summed E-state index contributed by atoms with van der Waals surface area (Å²) in [6.07, 6.45) is 0.822. The standard InChI is InChI=1S/C24H25F2N3O5/c1-4-33-19-8-14-7-13(2)34-20(14)9-15(19)11-27-21(30)12-29-22(31)24(3,28-23(29)32)16-5-6-17(25)18(26)10-16/h5-6,8-10,13H,4,7,11-12H2,1-3H3,(H,27,30)(H,28,32)/t13-,24-/m0/s1. The van der Waals surface area contributed by atoms with Crippen molar-refractivity contribution in [1.82, 2.24) is 15.5 Å². The van der Waals surface area contributed by atoms with E-state index in [1.165, 1.54) is 13.0 Å². The highest BCUT2D eigenvalue weighted by Gasteiger charge is 2.49. The molecule has 0 radical (unpaired) electrons. The Morgan fingerprint density at radius 1 is 1.26 bits per heavy atom. The van der Waals surface area contributed by atoms with Gasteiger partial charge in [0.05, 0.1) is 6.61 Å². The predicted molar refractivity (Wildman–Crippen MR) is 117 cm³/mol. The zero-order valence-corrected chi connectivity index (χ0v) is 19.0. The number of carbonyl (C=O) groups excluding carboxylic acids is 3. The Bertz CT molecular complexity index is 1170. The fourth-order valence-electron chi connectivity index (χ4n) is 4.15. The number of nitrogens with zero attached hydrogens (tertiary/aromatic N) is 1. The summed E-state index contributed by atoms with van der Waals surface area (Å²) >= 11 is 0. The number of amides is 4. The number of carbonyl (C=O) groups is 3. The van der Waals surface area contributed by atoms with Crippen LogP contribution in [-0.2, 0) is 28.1 Å². The summed E-state index contributed by atoms with van der Waals surface area (Å²) < 4.78 is 38.5. The molecule has 0 bridgehead atoms. The van der Waals surface area contributed by atoms with Gasteiger partial charge in [0.2, 0.25) is 5.91 Å². The van der Waals surface area contributed by atoms with Crippen molar-refractivity contribution in [3.8, 4) is 11.5 Å². The Morgan fingerprint density at radius 2 is 2.03 bits per heavy atom. The maximum Gasteiger partial charge on any atom is 0.325 e. The number of halogens is 2. The molecule has 0 saturated carbocycles. The van der Waals surface area contributed by atoms with Crippen molar-refractivity contribution >= 4 is 17.8 Å². The summed E-state index contributed by atoms with van der Waals surface area (Å²) in [4.78, 5) is 38.7. The van der Waals surface area contributed by atoms with Gasteiger partial charge in [-0.3, -0.25) is 14.5 Å². The SMILES string of the molecule is CCOc1cc2c(cc1CNC(=O)CN1C(=O)N[C@@](C)(c3ccc(F)c(F)c3)C1=O)O[C@@H](C)C2. The van der Waals surface area contributed by atoms with E-state index in [0.29, 0.717) is 17.9 Å². The molecule has 10 heteroatoms. The van der Waals surface area contributed by atoms with Crippen LogP contribution in [-0.4, -0.2) is 42.0 Å². The second-order valence-electron chi connectivity index (χ2n) is 8.49. The van der Waals surface area contributed by atoms with Gasteiger partial charge in [-0.15, -0.1) is 0 Å². The molecule has 1 saturated heterocycles. The minimum atomic E-state index is -1.62. The lowest BCUT2D eigenvalue weighted by molar-refractivity contribution is -0.134. The molecule has 2 aromatic rings. The van der Waals surface area contributed by atoms with Crippen molar-refractivity contribution in [2.24, 2.45) is 0 Å². The van der Waals surface area contributed by atoms with E-state index >= 15 is 0 Å². The van der Waals surface area contributed by atoms with Crippen molar-refractivity contribution in [3.63, 3.8) is 0 Å². The molecule has 2 aromatic carbocycles. The number of nitrogens with one attached hydrogen (secondary N) is 2. The minimum Gasteiger partial charge on any atom is -0.494 e. The molecular weight excluding hydrogens is 448 g/mol. The highest BCUT2D eigenvalue weighted by Crippen LogP contribution is 2.35. The maximum atomic E-state index is 13.7. The Labute approximate surface area is 195 Å². The summed E-state index contributed by atoms with van der Waals surface area (Å²) in [6, 6.07) is 5.85. The normalized spacial score (nSPS) is 21.2. The number of rotatable bonds is 7. The molecule has 2 N–H and O–H groups in total. The van der Waals surface area contributed by atoms with Crippen LogP contribution in [0.1, 0.15) is 37.5 Å². The number of urea groups is 1. The van der Waals surface area contributed by atoms with Gasteiger partial charge in [0.25, 0.3) is 5.91 Å². The highest BCUT2D eigenvalue weighted by atomic mass is 19.2. The van der Waals surface area contributed by atoms with Crippen LogP contribution in [0.15, 0.2) is 30.3 Å². The van der Waals surface area contributed by atoms with Crippen molar-refractivity contribution in [2.45, 2.75) is 45.4 Å². The van der Waals surface area contributed by atoms with Crippen molar-refractivity contribution < 1.29 is 32.6 Å². The van der Waals surface area contributed by atoms with Gasteiger partial charge in [0.1, 0.15) is 29.7 Å². The average Bonchev–Trinajstić information content (AvgIpc) is 3.25. The van der Waals surface area contributed by atoms with Crippen LogP contribution in [0.25, 0.3) is 0 Å². The molecule has 1 fully saturated rings. The van der Waals surface area contributed by atoms with Gasteiger partial charge in [-0.25, -0.2) is 13.6 Å². The number of fused-ring (bicyclic) bond motifs is 1. The molecule has 0 unspecified atom stereocenters. The van der Waals surface area contributed by atoms with E-state index in [4.69, 9.17) is 9.47 Å². The van der Waals surface area contributed by atoms with E-state index in [1.807, 2.05) is 26.0 Å². The molecule has 0 spiro atoms. The number of ether oxygens (including phenoxy) is 2. The van der Waals surface area contributed by atoms with Crippen LogP contribution in [0.5, 0.6) is 11.5 Å². The summed E-state index contributed by atoms with van der Waals surface area (Å²) in [5, 5.41) is 5.16. The van der Waals surface area contributed by atoms with Crippen LogP contribution in [0, 0.1) is 11.6 Å². The minimum absolute atomic E-state index is 0.0536. The lowest BCUT2D eigenvalue weighted by Gasteiger charge is -2.22. The molecule has 0 aliphatic carbocycles.